The second-order valence-corrected chi connectivity index (χ2v) is 5.10. The fraction of sp³-hybridized carbons (Fsp3) is 0.467. The summed E-state index contributed by atoms with van der Waals surface area (Å²) in [6.07, 6.45) is 3.04. The van der Waals surface area contributed by atoms with Crippen LogP contribution in [-0.2, 0) is 0 Å². The molecule has 0 spiro atoms. The number of carbonyl (C=O) groups excluding carboxylic acids is 1. The summed E-state index contributed by atoms with van der Waals surface area (Å²) in [6.45, 7) is 4.82. The molecule has 1 fully saturated rings. The normalized spacial score (nSPS) is 20.5. The highest BCUT2D eigenvalue weighted by molar-refractivity contribution is 5.78. The predicted molar refractivity (Wildman–Crippen MR) is 73.4 cm³/mol. The molecule has 1 saturated heterocycles. The maximum Gasteiger partial charge on any atom is 0.333 e. The van der Waals surface area contributed by atoms with E-state index in [0.717, 1.165) is 12.0 Å². The van der Waals surface area contributed by atoms with Crippen molar-refractivity contribution in [3.8, 4) is 6.19 Å². The van der Waals surface area contributed by atoms with Gasteiger partial charge < -0.3 is 4.90 Å². The fourth-order valence-electron chi connectivity index (χ4n) is 2.39. The summed E-state index contributed by atoms with van der Waals surface area (Å²) in [6, 6.07) is 8.12. The van der Waals surface area contributed by atoms with E-state index >= 15 is 0 Å². The molecule has 2 atom stereocenters. The Morgan fingerprint density at radius 3 is 2.53 bits per heavy atom. The van der Waals surface area contributed by atoms with Crippen LogP contribution in [0.5, 0.6) is 0 Å². The Labute approximate surface area is 114 Å². The van der Waals surface area contributed by atoms with Gasteiger partial charge in [-0.2, -0.15) is 5.26 Å². The number of likely N-dealkylation sites (N-methyl/N-ethyl adjacent to an activating group) is 1. The molecule has 4 heteroatoms. The molecule has 4 nitrogen and oxygen atoms in total. The van der Waals surface area contributed by atoms with Gasteiger partial charge in [-0.25, -0.2) is 9.69 Å². The van der Waals surface area contributed by atoms with Crippen molar-refractivity contribution in [2.75, 3.05) is 13.6 Å². The minimum Gasteiger partial charge on any atom is -0.318 e. The molecule has 1 heterocycles. The Morgan fingerprint density at radius 2 is 2.05 bits per heavy atom. The number of benzene rings is 1. The predicted octanol–water partition coefficient (Wildman–Crippen LogP) is 3.09. The van der Waals surface area contributed by atoms with Gasteiger partial charge in [0.1, 0.15) is 0 Å². The van der Waals surface area contributed by atoms with Crippen molar-refractivity contribution in [3.63, 3.8) is 0 Å². The third-order valence-corrected chi connectivity index (χ3v) is 3.98. The lowest BCUT2D eigenvalue weighted by Gasteiger charge is -2.18. The van der Waals surface area contributed by atoms with E-state index < -0.39 is 0 Å². The van der Waals surface area contributed by atoms with Gasteiger partial charge in [0, 0.05) is 7.05 Å². The van der Waals surface area contributed by atoms with Crippen LogP contribution in [0.3, 0.4) is 0 Å². The van der Waals surface area contributed by atoms with E-state index in [4.69, 9.17) is 5.26 Å². The number of rotatable bonds is 3. The second-order valence-electron chi connectivity index (χ2n) is 5.10. The van der Waals surface area contributed by atoms with Gasteiger partial charge in [-0.05, 0) is 23.5 Å². The van der Waals surface area contributed by atoms with Gasteiger partial charge in [0.05, 0.1) is 12.6 Å². The van der Waals surface area contributed by atoms with Gasteiger partial charge in [-0.15, -0.1) is 0 Å². The maximum absolute atomic E-state index is 11.8. The van der Waals surface area contributed by atoms with E-state index in [9.17, 15) is 4.79 Å². The van der Waals surface area contributed by atoms with Crippen LogP contribution in [0.15, 0.2) is 24.3 Å². The highest BCUT2D eigenvalue weighted by atomic mass is 16.2. The van der Waals surface area contributed by atoms with Crippen LogP contribution in [0, 0.1) is 11.5 Å². The van der Waals surface area contributed by atoms with Crippen molar-refractivity contribution in [2.45, 2.75) is 32.2 Å². The van der Waals surface area contributed by atoms with Gasteiger partial charge in [0.25, 0.3) is 0 Å². The molecule has 0 aliphatic carbocycles. The highest BCUT2D eigenvalue weighted by Gasteiger charge is 2.35. The lowest BCUT2D eigenvalue weighted by Crippen LogP contribution is -2.26. The molecule has 1 aromatic rings. The zero-order valence-corrected chi connectivity index (χ0v) is 11.6. The highest BCUT2D eigenvalue weighted by Crippen LogP contribution is 2.29. The van der Waals surface area contributed by atoms with E-state index in [-0.39, 0.29) is 12.1 Å². The molecule has 2 amide bonds. The quantitative estimate of drug-likeness (QED) is 0.781. The van der Waals surface area contributed by atoms with Crippen molar-refractivity contribution in [1.29, 1.82) is 5.26 Å². The Balaban J connectivity index is 2.20. The third kappa shape index (κ3) is 2.41. The summed E-state index contributed by atoms with van der Waals surface area (Å²) in [5.41, 5.74) is 2.40. The zero-order valence-electron chi connectivity index (χ0n) is 11.6. The Morgan fingerprint density at radius 1 is 1.42 bits per heavy atom. The molecule has 100 valence electrons. The first-order valence-electron chi connectivity index (χ1n) is 6.62. The average Bonchev–Trinajstić information content (AvgIpc) is 2.74. The first-order valence-corrected chi connectivity index (χ1v) is 6.62. The molecule has 2 unspecified atom stereocenters. The molecule has 1 aromatic carbocycles. The lowest BCUT2D eigenvalue weighted by atomic mass is 9.96. The summed E-state index contributed by atoms with van der Waals surface area (Å²) in [5.74, 6) is 0.549. The molecule has 0 aromatic heterocycles. The van der Waals surface area contributed by atoms with E-state index in [2.05, 4.69) is 38.1 Å². The minimum absolute atomic E-state index is 0.0295. The van der Waals surface area contributed by atoms with Gasteiger partial charge in [0.15, 0.2) is 6.19 Å². The van der Waals surface area contributed by atoms with Crippen LogP contribution in [0.2, 0.25) is 0 Å². The summed E-state index contributed by atoms with van der Waals surface area (Å²) in [4.78, 5) is 14.6. The number of amides is 2. The van der Waals surface area contributed by atoms with Gasteiger partial charge >= 0.3 is 6.03 Å². The van der Waals surface area contributed by atoms with E-state index in [1.54, 1.807) is 11.9 Å². The first-order chi connectivity index (χ1) is 9.08. The topological polar surface area (TPSA) is 47.3 Å². The van der Waals surface area contributed by atoms with E-state index in [1.165, 1.54) is 10.5 Å². The number of nitrogens with zero attached hydrogens (tertiary/aromatic N) is 3. The Kier molecular flexibility index (Phi) is 3.75. The molecule has 0 radical (unpaired) electrons. The number of hydrogen-bond acceptors (Lipinski definition) is 2. The smallest absolute Gasteiger partial charge is 0.318 e. The maximum atomic E-state index is 11.8. The zero-order chi connectivity index (χ0) is 14.0. The van der Waals surface area contributed by atoms with Crippen LogP contribution >= 0.6 is 0 Å². The summed E-state index contributed by atoms with van der Waals surface area (Å²) >= 11 is 0. The molecular weight excluding hydrogens is 238 g/mol. The summed E-state index contributed by atoms with van der Waals surface area (Å²) in [5, 5.41) is 8.90. The summed E-state index contributed by atoms with van der Waals surface area (Å²) in [7, 11) is 1.74. The molecule has 19 heavy (non-hydrogen) atoms. The van der Waals surface area contributed by atoms with E-state index in [1.807, 2.05) is 6.19 Å². The monoisotopic (exact) mass is 257 g/mol. The van der Waals surface area contributed by atoms with Crippen molar-refractivity contribution in [1.82, 2.24) is 9.80 Å². The van der Waals surface area contributed by atoms with Crippen molar-refractivity contribution < 1.29 is 4.79 Å². The molecule has 0 bridgehead atoms. The van der Waals surface area contributed by atoms with Gasteiger partial charge in [-0.3, -0.25) is 0 Å². The average molecular weight is 257 g/mol. The van der Waals surface area contributed by atoms with Crippen LogP contribution in [-0.4, -0.2) is 29.4 Å². The third-order valence-electron chi connectivity index (χ3n) is 3.98. The molecule has 1 aliphatic rings. The first kappa shape index (κ1) is 13.4. The van der Waals surface area contributed by atoms with Gasteiger partial charge in [-0.1, -0.05) is 38.1 Å². The molecule has 2 rings (SSSR count). The molecule has 0 saturated carbocycles. The Hall–Kier alpha value is -2.02. The van der Waals surface area contributed by atoms with Crippen LogP contribution in [0.4, 0.5) is 4.79 Å². The van der Waals surface area contributed by atoms with Crippen LogP contribution < -0.4 is 0 Å². The van der Waals surface area contributed by atoms with Gasteiger partial charge in [0.2, 0.25) is 0 Å². The molecular formula is C15H19N3O. The van der Waals surface area contributed by atoms with Crippen molar-refractivity contribution in [2.24, 2.45) is 0 Å². The molecule has 1 aliphatic heterocycles. The number of carbonyl (C=O) groups is 1. The fourth-order valence-corrected chi connectivity index (χ4v) is 2.39. The minimum atomic E-state index is -0.224. The second kappa shape index (κ2) is 5.31. The number of hydrogen-bond donors (Lipinski definition) is 0. The molecule has 0 N–H and O–H groups in total. The SMILES string of the molecule is CCC(C)c1ccc(C2CN(C#N)C(=O)N2C)cc1. The van der Waals surface area contributed by atoms with E-state index in [0.29, 0.717) is 12.5 Å². The standard InChI is InChI=1S/C15H19N3O/c1-4-11(2)12-5-7-13(8-6-12)14-9-18(10-16)15(19)17(14)3/h5-8,11,14H,4,9H2,1-3H3. The van der Waals surface area contributed by atoms with Crippen molar-refractivity contribution >= 4 is 6.03 Å². The number of nitriles is 1. The van der Waals surface area contributed by atoms with Crippen LogP contribution in [0.1, 0.15) is 43.4 Å². The summed E-state index contributed by atoms with van der Waals surface area (Å²) < 4.78 is 0. The Bertz CT molecular complexity index is 503. The van der Waals surface area contributed by atoms with Crippen LogP contribution in [0.25, 0.3) is 0 Å². The number of urea groups is 1. The largest absolute Gasteiger partial charge is 0.333 e. The van der Waals surface area contributed by atoms with Crippen molar-refractivity contribution in [3.05, 3.63) is 35.4 Å². The lowest BCUT2D eigenvalue weighted by molar-refractivity contribution is 0.205.